The smallest absolute Gasteiger partial charge is 0.257 e. The highest BCUT2D eigenvalue weighted by Gasteiger charge is 2.06. The number of hydrogen-bond donors (Lipinski definition) is 1. The first-order valence-electron chi connectivity index (χ1n) is 6.73. The second-order valence-corrected chi connectivity index (χ2v) is 4.54. The van der Waals surface area contributed by atoms with Crippen molar-refractivity contribution in [2.24, 2.45) is 0 Å². The Hall–Kier alpha value is -2.10. The molecule has 0 fully saturated rings. The summed E-state index contributed by atoms with van der Waals surface area (Å²) < 4.78 is 10.3. The van der Waals surface area contributed by atoms with Gasteiger partial charge < -0.3 is 19.7 Å². The zero-order valence-electron chi connectivity index (χ0n) is 12.5. The minimum Gasteiger partial charge on any atom is -0.482 e. The zero-order valence-corrected chi connectivity index (χ0v) is 12.5. The van der Waals surface area contributed by atoms with Gasteiger partial charge in [-0.2, -0.15) is 5.26 Å². The second-order valence-electron chi connectivity index (χ2n) is 4.54. The number of nitrogens with one attached hydrogen (secondary N) is 1. The molecule has 0 saturated heterocycles. The topological polar surface area (TPSA) is 74.6 Å². The molecule has 114 valence electrons. The minimum absolute atomic E-state index is 0.0967. The highest BCUT2D eigenvalue weighted by atomic mass is 16.5. The van der Waals surface area contributed by atoms with Gasteiger partial charge in [0.15, 0.2) is 6.61 Å². The Kier molecular flexibility index (Phi) is 7.87. The fraction of sp³-hybridized carbons (Fsp3) is 0.467. The van der Waals surface area contributed by atoms with Crippen molar-refractivity contribution in [3.8, 4) is 11.8 Å². The fourth-order valence-electron chi connectivity index (χ4n) is 1.62. The zero-order chi connectivity index (χ0) is 15.5. The Morgan fingerprint density at radius 3 is 2.86 bits per heavy atom. The molecule has 0 radical (unpaired) electrons. The number of rotatable bonds is 9. The summed E-state index contributed by atoms with van der Waals surface area (Å²) in [7, 11) is 3.62. The van der Waals surface area contributed by atoms with Gasteiger partial charge in [0.2, 0.25) is 0 Å². The number of amides is 1. The van der Waals surface area contributed by atoms with Crippen LogP contribution in [0, 0.1) is 11.3 Å². The van der Waals surface area contributed by atoms with Crippen molar-refractivity contribution in [2.45, 2.75) is 0 Å². The first kappa shape index (κ1) is 17.0. The summed E-state index contributed by atoms with van der Waals surface area (Å²) in [5.41, 5.74) is 0.421. The highest BCUT2D eigenvalue weighted by molar-refractivity contribution is 5.77. The third-order valence-corrected chi connectivity index (χ3v) is 2.86. The molecule has 0 aliphatic heterocycles. The van der Waals surface area contributed by atoms with E-state index in [2.05, 4.69) is 10.2 Å². The van der Waals surface area contributed by atoms with Crippen molar-refractivity contribution in [3.05, 3.63) is 29.8 Å². The largest absolute Gasteiger partial charge is 0.482 e. The highest BCUT2D eigenvalue weighted by Crippen LogP contribution is 2.15. The molecule has 21 heavy (non-hydrogen) atoms. The number of para-hydroxylation sites is 1. The maximum Gasteiger partial charge on any atom is 0.257 e. The summed E-state index contributed by atoms with van der Waals surface area (Å²) in [4.78, 5) is 13.7. The van der Waals surface area contributed by atoms with E-state index in [1.165, 1.54) is 0 Å². The average Bonchev–Trinajstić information content (AvgIpc) is 2.51. The van der Waals surface area contributed by atoms with Crippen LogP contribution >= 0.6 is 0 Å². The van der Waals surface area contributed by atoms with Crippen LogP contribution in [-0.4, -0.2) is 57.8 Å². The van der Waals surface area contributed by atoms with Crippen LogP contribution in [0.5, 0.6) is 5.75 Å². The SMILES string of the molecule is COCCN(C)CCNC(=O)COc1ccccc1C#N. The van der Waals surface area contributed by atoms with E-state index in [0.717, 1.165) is 13.1 Å². The summed E-state index contributed by atoms with van der Waals surface area (Å²) in [6.07, 6.45) is 0. The Labute approximate surface area is 125 Å². The summed E-state index contributed by atoms with van der Waals surface area (Å²) in [6, 6.07) is 8.86. The number of nitrogens with zero attached hydrogens (tertiary/aromatic N) is 2. The first-order valence-corrected chi connectivity index (χ1v) is 6.73. The molecule has 0 aromatic heterocycles. The molecule has 0 spiro atoms. The Bertz CT molecular complexity index is 485. The lowest BCUT2D eigenvalue weighted by atomic mass is 10.2. The van der Waals surface area contributed by atoms with Crippen LogP contribution in [0.25, 0.3) is 0 Å². The Morgan fingerprint density at radius 1 is 1.38 bits per heavy atom. The van der Waals surface area contributed by atoms with E-state index in [4.69, 9.17) is 14.7 Å². The van der Waals surface area contributed by atoms with Gasteiger partial charge in [0.1, 0.15) is 11.8 Å². The van der Waals surface area contributed by atoms with Gasteiger partial charge in [0.25, 0.3) is 5.91 Å². The number of likely N-dealkylation sites (N-methyl/N-ethyl adjacent to an activating group) is 1. The monoisotopic (exact) mass is 291 g/mol. The molecule has 1 rings (SSSR count). The number of nitriles is 1. The Morgan fingerprint density at radius 2 is 2.14 bits per heavy atom. The van der Waals surface area contributed by atoms with Crippen molar-refractivity contribution in [1.82, 2.24) is 10.2 Å². The maximum atomic E-state index is 11.6. The van der Waals surface area contributed by atoms with Crippen LogP contribution < -0.4 is 10.1 Å². The summed E-state index contributed by atoms with van der Waals surface area (Å²) in [5.74, 6) is 0.218. The second kappa shape index (κ2) is 9.75. The molecule has 0 unspecified atom stereocenters. The van der Waals surface area contributed by atoms with E-state index in [1.807, 2.05) is 13.1 Å². The molecular formula is C15H21N3O3. The molecule has 1 aromatic rings. The van der Waals surface area contributed by atoms with Gasteiger partial charge >= 0.3 is 0 Å². The van der Waals surface area contributed by atoms with Gasteiger partial charge in [0.05, 0.1) is 12.2 Å². The number of hydrogen-bond acceptors (Lipinski definition) is 5. The van der Waals surface area contributed by atoms with Crippen molar-refractivity contribution >= 4 is 5.91 Å². The summed E-state index contributed by atoms with van der Waals surface area (Å²) in [5, 5.41) is 11.7. The number of carbonyl (C=O) groups is 1. The van der Waals surface area contributed by atoms with Crippen molar-refractivity contribution in [3.63, 3.8) is 0 Å². The molecule has 0 saturated carbocycles. The molecule has 0 atom stereocenters. The van der Waals surface area contributed by atoms with Crippen LogP contribution in [0.15, 0.2) is 24.3 Å². The molecule has 0 aliphatic carbocycles. The normalized spacial score (nSPS) is 10.2. The van der Waals surface area contributed by atoms with E-state index >= 15 is 0 Å². The van der Waals surface area contributed by atoms with Crippen molar-refractivity contribution in [2.75, 3.05) is 47.0 Å². The van der Waals surface area contributed by atoms with Gasteiger partial charge in [-0.25, -0.2) is 0 Å². The van der Waals surface area contributed by atoms with Crippen LogP contribution in [0.2, 0.25) is 0 Å². The Balaban J connectivity index is 2.24. The number of methoxy groups -OCH3 is 1. The van der Waals surface area contributed by atoms with E-state index < -0.39 is 0 Å². The molecule has 0 heterocycles. The average molecular weight is 291 g/mol. The molecule has 6 heteroatoms. The summed E-state index contributed by atoms with van der Waals surface area (Å²) >= 11 is 0. The lowest BCUT2D eigenvalue weighted by Gasteiger charge is -2.16. The van der Waals surface area contributed by atoms with Crippen molar-refractivity contribution in [1.29, 1.82) is 5.26 Å². The van der Waals surface area contributed by atoms with Crippen LogP contribution in [0.4, 0.5) is 0 Å². The minimum atomic E-state index is -0.206. The number of ether oxygens (including phenoxy) is 2. The molecule has 6 nitrogen and oxygen atoms in total. The van der Waals surface area contributed by atoms with Crippen molar-refractivity contribution < 1.29 is 14.3 Å². The van der Waals surface area contributed by atoms with E-state index in [-0.39, 0.29) is 12.5 Å². The molecule has 0 aliphatic rings. The van der Waals surface area contributed by atoms with Crippen LogP contribution in [0.3, 0.4) is 0 Å². The van der Waals surface area contributed by atoms with E-state index in [9.17, 15) is 4.79 Å². The molecule has 1 N–H and O–H groups in total. The molecule has 1 amide bonds. The quantitative estimate of drug-likeness (QED) is 0.722. The third-order valence-electron chi connectivity index (χ3n) is 2.86. The van der Waals surface area contributed by atoms with E-state index in [1.54, 1.807) is 31.4 Å². The van der Waals surface area contributed by atoms with Gasteiger partial charge in [0, 0.05) is 26.7 Å². The lowest BCUT2D eigenvalue weighted by Crippen LogP contribution is -2.36. The fourth-order valence-corrected chi connectivity index (χ4v) is 1.62. The molecule has 0 bridgehead atoms. The van der Waals surface area contributed by atoms with Gasteiger partial charge in [-0.05, 0) is 19.2 Å². The van der Waals surface area contributed by atoms with Gasteiger partial charge in [-0.1, -0.05) is 12.1 Å². The summed E-state index contributed by atoms with van der Waals surface area (Å²) in [6.45, 7) is 2.67. The van der Waals surface area contributed by atoms with Gasteiger partial charge in [-0.3, -0.25) is 4.79 Å². The van der Waals surface area contributed by atoms with E-state index in [0.29, 0.717) is 24.5 Å². The lowest BCUT2D eigenvalue weighted by molar-refractivity contribution is -0.123. The number of benzene rings is 1. The first-order chi connectivity index (χ1) is 10.2. The third kappa shape index (κ3) is 6.75. The molecular weight excluding hydrogens is 270 g/mol. The van der Waals surface area contributed by atoms with Gasteiger partial charge in [-0.15, -0.1) is 0 Å². The maximum absolute atomic E-state index is 11.6. The standard InChI is InChI=1S/C15H21N3O3/c1-18(9-10-20-2)8-7-17-15(19)12-21-14-6-4-3-5-13(14)11-16/h3-6H,7-10,12H2,1-2H3,(H,17,19). The van der Waals surface area contributed by atoms with Crippen LogP contribution in [-0.2, 0) is 9.53 Å². The molecule has 1 aromatic carbocycles. The predicted molar refractivity (Wildman–Crippen MR) is 79.0 cm³/mol. The predicted octanol–water partition coefficient (Wildman–Crippen LogP) is 0.631. The number of carbonyl (C=O) groups excluding carboxylic acids is 1. The van der Waals surface area contributed by atoms with Crippen LogP contribution in [0.1, 0.15) is 5.56 Å².